The third-order valence-electron chi connectivity index (χ3n) is 3.47. The highest BCUT2D eigenvalue weighted by Gasteiger charge is 2.12. The summed E-state index contributed by atoms with van der Waals surface area (Å²) in [7, 11) is 0. The average Bonchev–Trinajstić information content (AvgIpc) is 2.94. The average molecular weight is 346 g/mol. The Bertz CT molecular complexity index is 1080. The van der Waals surface area contributed by atoms with Crippen LogP contribution < -0.4 is 10.9 Å². The van der Waals surface area contributed by atoms with Gasteiger partial charge in [-0.15, -0.1) is 0 Å². The predicted octanol–water partition coefficient (Wildman–Crippen LogP) is 3.85. The molecule has 4 aromatic rings. The minimum atomic E-state index is -0.230. The van der Waals surface area contributed by atoms with Crippen molar-refractivity contribution < 1.29 is 0 Å². The van der Waals surface area contributed by atoms with Crippen LogP contribution >= 0.6 is 23.2 Å². The second-order valence-electron chi connectivity index (χ2n) is 4.89. The van der Waals surface area contributed by atoms with Gasteiger partial charge in [-0.25, -0.2) is 9.97 Å². The summed E-state index contributed by atoms with van der Waals surface area (Å²) in [6.07, 6.45) is 1.37. The van der Waals surface area contributed by atoms with E-state index in [4.69, 9.17) is 23.2 Å². The number of nitrogens with one attached hydrogen (secondary N) is 3. The molecule has 0 spiro atoms. The molecule has 0 amide bonds. The van der Waals surface area contributed by atoms with E-state index in [0.717, 1.165) is 0 Å². The Balaban J connectivity index is 1.90. The molecule has 2 aromatic carbocycles. The van der Waals surface area contributed by atoms with Gasteiger partial charge in [-0.2, -0.15) is 0 Å². The van der Waals surface area contributed by atoms with Crippen molar-refractivity contribution in [2.75, 3.05) is 5.32 Å². The van der Waals surface area contributed by atoms with Crippen LogP contribution in [0.2, 0.25) is 10.0 Å². The summed E-state index contributed by atoms with van der Waals surface area (Å²) in [5, 5.41) is 4.45. The normalized spacial score (nSPS) is 11.2. The Kier molecular flexibility index (Phi) is 3.21. The molecule has 3 N–H and O–H groups in total. The van der Waals surface area contributed by atoms with Crippen molar-refractivity contribution in [1.29, 1.82) is 0 Å². The molecule has 0 radical (unpaired) electrons. The molecule has 0 aliphatic carbocycles. The van der Waals surface area contributed by atoms with Crippen molar-refractivity contribution in [2.45, 2.75) is 0 Å². The van der Waals surface area contributed by atoms with Crippen molar-refractivity contribution >= 4 is 56.8 Å². The minimum absolute atomic E-state index is 0.230. The number of para-hydroxylation sites is 1. The number of hydrogen-bond donors (Lipinski definition) is 3. The number of nitrogens with zero attached hydrogens (tertiary/aromatic N) is 2. The molecule has 0 saturated carbocycles. The van der Waals surface area contributed by atoms with Gasteiger partial charge < -0.3 is 15.3 Å². The molecule has 0 bridgehead atoms. The number of imidazole rings is 1. The number of benzene rings is 2. The molecule has 8 heteroatoms. The number of H-pyrrole nitrogens is 2. The molecule has 6 nitrogen and oxygen atoms in total. The molecule has 2 aromatic heterocycles. The molecule has 23 heavy (non-hydrogen) atoms. The van der Waals surface area contributed by atoms with Crippen LogP contribution in [0.1, 0.15) is 0 Å². The maximum Gasteiger partial charge on any atom is 0.260 e. The molecule has 2 heterocycles. The molecule has 4 rings (SSSR count). The Hall–Kier alpha value is -2.57. The number of rotatable bonds is 2. The Morgan fingerprint density at radius 2 is 1.78 bits per heavy atom. The number of aromatic nitrogens is 4. The summed E-state index contributed by atoms with van der Waals surface area (Å²) in [5.74, 6) is 0.436. The maximum atomic E-state index is 12.1. The lowest BCUT2D eigenvalue weighted by Gasteiger charge is -2.06. The van der Waals surface area contributed by atoms with E-state index in [1.165, 1.54) is 6.33 Å². The van der Waals surface area contributed by atoms with Crippen LogP contribution in [0, 0.1) is 0 Å². The Labute approximate surface area is 139 Å². The van der Waals surface area contributed by atoms with Crippen LogP contribution in [0.25, 0.3) is 21.9 Å². The number of anilines is 2. The van der Waals surface area contributed by atoms with Gasteiger partial charge >= 0.3 is 0 Å². The first-order valence-electron chi connectivity index (χ1n) is 6.70. The largest absolute Gasteiger partial charge is 0.323 e. The fourth-order valence-corrected chi connectivity index (χ4v) is 2.92. The molecular formula is C15H9Cl2N5O. The predicted molar refractivity (Wildman–Crippen MR) is 91.8 cm³/mol. The molecule has 0 fully saturated rings. The summed E-state index contributed by atoms with van der Waals surface area (Å²) in [4.78, 5) is 26.3. The number of aromatic amines is 2. The molecule has 0 atom stereocenters. The smallest absolute Gasteiger partial charge is 0.260 e. The van der Waals surface area contributed by atoms with Crippen LogP contribution in [-0.4, -0.2) is 19.9 Å². The van der Waals surface area contributed by atoms with Gasteiger partial charge in [-0.3, -0.25) is 4.79 Å². The lowest BCUT2D eigenvalue weighted by Crippen LogP contribution is -2.06. The number of hydrogen-bond acceptors (Lipinski definition) is 4. The summed E-state index contributed by atoms with van der Waals surface area (Å²) >= 11 is 12.3. The zero-order valence-electron chi connectivity index (χ0n) is 11.5. The quantitative estimate of drug-likeness (QED) is 0.515. The summed E-state index contributed by atoms with van der Waals surface area (Å²) in [6, 6.07) is 8.75. The van der Waals surface area contributed by atoms with E-state index in [9.17, 15) is 4.79 Å². The zero-order valence-corrected chi connectivity index (χ0v) is 13.0. The third-order valence-corrected chi connectivity index (χ3v) is 4.10. The van der Waals surface area contributed by atoms with Crippen molar-refractivity contribution in [1.82, 2.24) is 19.9 Å². The minimum Gasteiger partial charge on any atom is -0.323 e. The highest BCUT2D eigenvalue weighted by Crippen LogP contribution is 2.32. The van der Waals surface area contributed by atoms with Crippen molar-refractivity contribution in [3.8, 4) is 0 Å². The summed E-state index contributed by atoms with van der Waals surface area (Å²) in [6.45, 7) is 0. The number of halogens is 2. The van der Waals surface area contributed by atoms with E-state index in [1.807, 2.05) is 0 Å². The van der Waals surface area contributed by atoms with Crippen molar-refractivity contribution in [3.05, 3.63) is 57.1 Å². The fourth-order valence-electron chi connectivity index (χ4n) is 2.43. The van der Waals surface area contributed by atoms with Gasteiger partial charge in [0.05, 0.1) is 44.0 Å². The van der Waals surface area contributed by atoms with E-state index in [1.54, 1.807) is 30.3 Å². The van der Waals surface area contributed by atoms with Crippen molar-refractivity contribution in [3.63, 3.8) is 0 Å². The molecule has 0 saturated heterocycles. The molecule has 0 aliphatic heterocycles. The lowest BCUT2D eigenvalue weighted by molar-refractivity contribution is 1.17. The topological polar surface area (TPSA) is 86.5 Å². The molecule has 0 unspecified atom stereocenters. The first kappa shape index (κ1) is 14.0. The third kappa shape index (κ3) is 2.32. The van der Waals surface area contributed by atoms with E-state index in [-0.39, 0.29) is 5.56 Å². The van der Waals surface area contributed by atoms with Crippen molar-refractivity contribution in [2.24, 2.45) is 0 Å². The summed E-state index contributed by atoms with van der Waals surface area (Å²) in [5.41, 5.74) is 2.15. The molecule has 0 aliphatic rings. The first-order chi connectivity index (χ1) is 11.1. The summed E-state index contributed by atoms with van der Waals surface area (Å²) < 4.78 is 0. The Morgan fingerprint density at radius 1 is 1.04 bits per heavy atom. The van der Waals surface area contributed by atoms with E-state index in [0.29, 0.717) is 43.6 Å². The maximum absolute atomic E-state index is 12.1. The zero-order chi connectivity index (χ0) is 16.0. The van der Waals surface area contributed by atoms with Gasteiger partial charge in [-0.05, 0) is 24.3 Å². The standard InChI is InChI=1S/C15H9Cl2N5O/c16-7-2-1-3-8(17)12(7)21-15-20-10-5-4-9-11(13(10)22-15)14(23)19-6-18-9/h1-6H,(H,18,19,23)(H2,20,21,22). The lowest BCUT2D eigenvalue weighted by atomic mass is 10.2. The Morgan fingerprint density at radius 3 is 2.57 bits per heavy atom. The van der Waals surface area contributed by atoms with Crippen LogP contribution in [0.5, 0.6) is 0 Å². The van der Waals surface area contributed by atoms with Crippen LogP contribution in [0.3, 0.4) is 0 Å². The van der Waals surface area contributed by atoms with Crippen LogP contribution in [-0.2, 0) is 0 Å². The van der Waals surface area contributed by atoms with Crippen LogP contribution in [0.15, 0.2) is 41.5 Å². The number of fused-ring (bicyclic) bond motifs is 3. The van der Waals surface area contributed by atoms with E-state index < -0.39 is 0 Å². The second-order valence-corrected chi connectivity index (χ2v) is 5.71. The van der Waals surface area contributed by atoms with Gasteiger partial charge in [0.1, 0.15) is 0 Å². The van der Waals surface area contributed by atoms with Gasteiger partial charge in [0.25, 0.3) is 5.56 Å². The molecule has 114 valence electrons. The monoisotopic (exact) mass is 345 g/mol. The van der Waals surface area contributed by atoms with Gasteiger partial charge in [0, 0.05) is 0 Å². The van der Waals surface area contributed by atoms with E-state index in [2.05, 4.69) is 25.3 Å². The first-order valence-corrected chi connectivity index (χ1v) is 7.46. The van der Waals surface area contributed by atoms with Gasteiger partial charge in [0.2, 0.25) is 5.95 Å². The van der Waals surface area contributed by atoms with Gasteiger partial charge in [-0.1, -0.05) is 29.3 Å². The SMILES string of the molecule is O=c1[nH]cnc2ccc3nc(Nc4c(Cl)cccc4Cl)[nH]c3c12. The second kappa shape index (κ2) is 5.26. The van der Waals surface area contributed by atoms with Gasteiger partial charge in [0.15, 0.2) is 0 Å². The van der Waals surface area contributed by atoms with E-state index >= 15 is 0 Å². The highest BCUT2D eigenvalue weighted by atomic mass is 35.5. The van der Waals surface area contributed by atoms with Crippen LogP contribution in [0.4, 0.5) is 11.6 Å². The molecular weight excluding hydrogens is 337 g/mol. The highest BCUT2D eigenvalue weighted by molar-refractivity contribution is 6.39. The fraction of sp³-hybridized carbons (Fsp3) is 0.